The zero-order valence-electron chi connectivity index (χ0n) is 6.85. The molecule has 0 aliphatic carbocycles. The highest BCUT2D eigenvalue weighted by molar-refractivity contribution is 6.55. The van der Waals surface area contributed by atoms with Crippen LogP contribution in [0.4, 0.5) is 4.39 Å². The summed E-state index contributed by atoms with van der Waals surface area (Å²) in [5, 5.41) is 0. The number of aryl methyl sites for hydroxylation is 1. The van der Waals surface area contributed by atoms with Gasteiger partial charge in [-0.05, 0) is 19.1 Å². The molecular weight excluding hydrogens is 214 g/mol. The Morgan fingerprint density at radius 2 is 2.08 bits per heavy atom. The molecule has 0 heterocycles. The van der Waals surface area contributed by atoms with Gasteiger partial charge in [0.25, 0.3) is 0 Å². The first-order valence-electron chi connectivity index (χ1n) is 3.61. The molecule has 13 heavy (non-hydrogen) atoms. The maximum atomic E-state index is 13.0. The third-order valence-electron chi connectivity index (χ3n) is 1.59. The lowest BCUT2D eigenvalue weighted by molar-refractivity contribution is 0.100. The minimum absolute atomic E-state index is 0.0602. The SMILES string of the molecule is Cc1ccc(F)c(C(=O)C(Cl)Cl)c1. The van der Waals surface area contributed by atoms with E-state index >= 15 is 0 Å². The Kier molecular flexibility index (Phi) is 3.28. The first-order chi connectivity index (χ1) is 6.02. The quantitative estimate of drug-likeness (QED) is 0.553. The lowest BCUT2D eigenvalue weighted by Crippen LogP contribution is -2.10. The van der Waals surface area contributed by atoms with E-state index in [9.17, 15) is 9.18 Å². The summed E-state index contributed by atoms with van der Waals surface area (Å²) in [6.45, 7) is 1.76. The van der Waals surface area contributed by atoms with Crippen LogP contribution in [0.1, 0.15) is 15.9 Å². The van der Waals surface area contributed by atoms with Crippen LogP contribution in [0, 0.1) is 12.7 Å². The monoisotopic (exact) mass is 220 g/mol. The molecular formula is C9H7Cl2FO. The summed E-state index contributed by atoms with van der Waals surface area (Å²) in [5.41, 5.74) is 0.730. The molecule has 0 unspecified atom stereocenters. The van der Waals surface area contributed by atoms with Gasteiger partial charge in [0.15, 0.2) is 10.6 Å². The van der Waals surface area contributed by atoms with Crippen LogP contribution in [0.15, 0.2) is 18.2 Å². The van der Waals surface area contributed by atoms with Gasteiger partial charge < -0.3 is 0 Å². The summed E-state index contributed by atoms with van der Waals surface area (Å²) in [5.74, 6) is -1.20. The molecule has 0 aliphatic heterocycles. The van der Waals surface area contributed by atoms with Crippen LogP contribution in [0.25, 0.3) is 0 Å². The molecule has 0 aromatic heterocycles. The molecule has 1 aromatic rings. The highest BCUT2D eigenvalue weighted by atomic mass is 35.5. The number of rotatable bonds is 2. The molecule has 4 heteroatoms. The molecule has 1 rings (SSSR count). The van der Waals surface area contributed by atoms with Crippen LogP contribution in [-0.4, -0.2) is 10.6 Å². The molecule has 0 amide bonds. The smallest absolute Gasteiger partial charge is 0.198 e. The van der Waals surface area contributed by atoms with Crippen molar-refractivity contribution in [2.24, 2.45) is 0 Å². The summed E-state index contributed by atoms with van der Waals surface area (Å²) < 4.78 is 13.0. The fourth-order valence-corrected chi connectivity index (χ4v) is 1.18. The molecule has 0 aliphatic rings. The van der Waals surface area contributed by atoms with E-state index in [0.29, 0.717) is 0 Å². The van der Waals surface area contributed by atoms with Crippen LogP contribution in [0.2, 0.25) is 0 Å². The highest BCUT2D eigenvalue weighted by Crippen LogP contribution is 2.16. The number of Topliss-reactive ketones (excluding diaryl/α,β-unsaturated/α-hetero) is 1. The average Bonchev–Trinajstić information content (AvgIpc) is 2.08. The molecule has 0 atom stereocenters. The largest absolute Gasteiger partial charge is 0.291 e. The summed E-state index contributed by atoms with van der Waals surface area (Å²) in [6, 6.07) is 4.22. The first-order valence-corrected chi connectivity index (χ1v) is 4.48. The predicted octanol–water partition coefficient (Wildman–Crippen LogP) is 3.12. The maximum Gasteiger partial charge on any atom is 0.198 e. The lowest BCUT2D eigenvalue weighted by Gasteiger charge is -2.03. The van der Waals surface area contributed by atoms with E-state index in [1.54, 1.807) is 13.0 Å². The minimum atomic E-state index is -1.21. The Labute approximate surface area is 85.5 Å². The number of halogens is 3. The molecule has 0 saturated heterocycles. The van der Waals surface area contributed by atoms with Crippen LogP contribution in [0.5, 0.6) is 0 Å². The molecule has 0 radical (unpaired) electrons. The molecule has 0 N–H and O–H groups in total. The van der Waals surface area contributed by atoms with Crippen molar-refractivity contribution in [3.63, 3.8) is 0 Å². The van der Waals surface area contributed by atoms with Gasteiger partial charge >= 0.3 is 0 Å². The van der Waals surface area contributed by atoms with Crippen molar-refractivity contribution in [3.8, 4) is 0 Å². The molecule has 0 spiro atoms. The fourth-order valence-electron chi connectivity index (χ4n) is 0.945. The average molecular weight is 221 g/mol. The van der Waals surface area contributed by atoms with Crippen molar-refractivity contribution in [1.29, 1.82) is 0 Å². The van der Waals surface area contributed by atoms with E-state index in [1.165, 1.54) is 12.1 Å². The Hall–Kier alpha value is -0.600. The second kappa shape index (κ2) is 4.07. The number of carbonyl (C=O) groups excluding carboxylic acids is 1. The summed E-state index contributed by atoms with van der Waals surface area (Å²) in [7, 11) is 0. The van der Waals surface area contributed by atoms with Gasteiger partial charge in [0.05, 0.1) is 5.56 Å². The van der Waals surface area contributed by atoms with E-state index in [-0.39, 0.29) is 5.56 Å². The fraction of sp³-hybridized carbons (Fsp3) is 0.222. The summed E-state index contributed by atoms with van der Waals surface area (Å²) in [4.78, 5) is 10.0. The van der Waals surface area contributed by atoms with Gasteiger partial charge in [0, 0.05) is 0 Å². The van der Waals surface area contributed by atoms with E-state index in [0.717, 1.165) is 5.56 Å². The van der Waals surface area contributed by atoms with E-state index in [1.807, 2.05) is 0 Å². The van der Waals surface area contributed by atoms with Crippen LogP contribution in [0.3, 0.4) is 0 Å². The predicted molar refractivity (Wildman–Crippen MR) is 51.0 cm³/mol. The number of alkyl halides is 2. The van der Waals surface area contributed by atoms with Gasteiger partial charge in [-0.3, -0.25) is 4.79 Å². The molecule has 1 aromatic carbocycles. The second-order valence-electron chi connectivity index (χ2n) is 2.65. The van der Waals surface area contributed by atoms with Gasteiger partial charge in [-0.1, -0.05) is 34.8 Å². The van der Waals surface area contributed by atoms with Crippen LogP contribution in [-0.2, 0) is 0 Å². The first kappa shape index (κ1) is 10.5. The number of ketones is 1. The molecule has 0 fully saturated rings. The third-order valence-corrected chi connectivity index (χ3v) is 1.98. The molecule has 0 saturated carbocycles. The van der Waals surface area contributed by atoms with Crippen LogP contribution >= 0.6 is 23.2 Å². The number of hydrogen-bond donors (Lipinski definition) is 0. The Morgan fingerprint density at radius 3 is 2.62 bits per heavy atom. The van der Waals surface area contributed by atoms with Crippen LogP contribution < -0.4 is 0 Å². The highest BCUT2D eigenvalue weighted by Gasteiger charge is 2.18. The van der Waals surface area contributed by atoms with Gasteiger partial charge in [-0.2, -0.15) is 0 Å². The van der Waals surface area contributed by atoms with Crippen molar-refractivity contribution in [3.05, 3.63) is 35.1 Å². The zero-order valence-corrected chi connectivity index (χ0v) is 8.36. The normalized spacial score (nSPS) is 10.5. The lowest BCUT2D eigenvalue weighted by atomic mass is 10.1. The topological polar surface area (TPSA) is 17.1 Å². The van der Waals surface area contributed by atoms with E-state index < -0.39 is 16.4 Å². The summed E-state index contributed by atoms with van der Waals surface area (Å²) >= 11 is 10.7. The maximum absolute atomic E-state index is 13.0. The van der Waals surface area contributed by atoms with Gasteiger partial charge in [0.1, 0.15) is 5.82 Å². The van der Waals surface area contributed by atoms with E-state index in [4.69, 9.17) is 23.2 Å². The van der Waals surface area contributed by atoms with E-state index in [2.05, 4.69) is 0 Å². The number of benzene rings is 1. The Bertz CT molecular complexity index is 336. The molecule has 70 valence electrons. The standard InChI is InChI=1S/C9H7Cl2FO/c1-5-2-3-7(12)6(4-5)8(13)9(10)11/h2-4,9H,1H3. The zero-order chi connectivity index (χ0) is 10.0. The number of carbonyl (C=O) groups is 1. The summed E-state index contributed by atoms with van der Waals surface area (Å²) in [6.07, 6.45) is 0. The molecule has 0 bridgehead atoms. The van der Waals surface area contributed by atoms with Crippen molar-refractivity contribution >= 4 is 29.0 Å². The van der Waals surface area contributed by atoms with Crippen molar-refractivity contribution in [1.82, 2.24) is 0 Å². The van der Waals surface area contributed by atoms with Crippen molar-refractivity contribution in [2.45, 2.75) is 11.8 Å². The minimum Gasteiger partial charge on any atom is -0.291 e. The van der Waals surface area contributed by atoms with Crippen molar-refractivity contribution < 1.29 is 9.18 Å². The third kappa shape index (κ3) is 2.42. The second-order valence-corrected chi connectivity index (χ2v) is 3.74. The van der Waals surface area contributed by atoms with Gasteiger partial charge in [-0.15, -0.1) is 0 Å². The number of hydrogen-bond acceptors (Lipinski definition) is 1. The van der Waals surface area contributed by atoms with Crippen molar-refractivity contribution in [2.75, 3.05) is 0 Å². The molecule has 1 nitrogen and oxygen atoms in total. The van der Waals surface area contributed by atoms with Gasteiger partial charge in [0.2, 0.25) is 0 Å². The Balaban J connectivity index is 3.13. The Morgan fingerprint density at radius 1 is 1.46 bits per heavy atom. The van der Waals surface area contributed by atoms with Gasteiger partial charge in [-0.25, -0.2) is 4.39 Å².